The molecule has 0 aromatic heterocycles. The van der Waals surface area contributed by atoms with Gasteiger partial charge in [0.25, 0.3) is 7.82 Å². The van der Waals surface area contributed by atoms with Gasteiger partial charge in [-0.2, -0.15) is 0 Å². The van der Waals surface area contributed by atoms with Crippen molar-refractivity contribution in [2.75, 3.05) is 40.9 Å². The summed E-state index contributed by atoms with van der Waals surface area (Å²) in [4.78, 5) is 40.2. The molecule has 0 bridgehead atoms. The van der Waals surface area contributed by atoms with Crippen molar-refractivity contribution in [3.63, 3.8) is 0 Å². The standard InChI is InChI=1S/C75H139N2O7P/c1-7-10-13-16-19-22-25-28-30-32-34-36-37-38-39-41-43-45-47-50-53-56-59-62-65-68-75(79)84-73(66-63-60-57-54-51-48-27-24-21-18-15-12-9-3)72(71-83-85(80,81)82-70-69-77(4,5)6)76-74(78)67-64-61-58-55-52-49-46-44-42-40-35-33-31-29-26-23-20-17-14-11-8-2/h19,22,28-31,34,36,38-39,63,66,72-73H,7-18,20-21,23-27,32-33,35,37,40-62,64-65,67-71H2,1-6H3,(H-,76,78,80,81)/b22-19-,30-28-,31-29+,36-34-,39-38-,66-63+. The molecule has 0 radical (unpaired) electrons. The first kappa shape index (κ1) is 82.5. The molecule has 496 valence electrons. The van der Waals surface area contributed by atoms with E-state index in [4.69, 9.17) is 13.8 Å². The number of nitrogens with zero attached hydrogens (tertiary/aromatic N) is 1. The molecule has 0 spiro atoms. The lowest BCUT2D eigenvalue weighted by molar-refractivity contribution is -0.870. The van der Waals surface area contributed by atoms with Crippen molar-refractivity contribution in [3.05, 3.63) is 72.9 Å². The Bertz CT molecular complexity index is 1680. The third-order valence-electron chi connectivity index (χ3n) is 16.1. The third kappa shape index (κ3) is 65.7. The van der Waals surface area contributed by atoms with Gasteiger partial charge < -0.3 is 28.5 Å². The Hall–Kier alpha value is -2.55. The van der Waals surface area contributed by atoms with Gasteiger partial charge in [-0.05, 0) is 102 Å². The monoisotopic (exact) mass is 1210 g/mol. The highest BCUT2D eigenvalue weighted by atomic mass is 31.2. The molecule has 3 atom stereocenters. The Balaban J connectivity index is 5.11. The lowest BCUT2D eigenvalue weighted by Gasteiger charge is -2.30. The molecule has 1 amide bonds. The van der Waals surface area contributed by atoms with E-state index in [1.807, 2.05) is 33.3 Å². The van der Waals surface area contributed by atoms with E-state index in [0.717, 1.165) is 89.9 Å². The summed E-state index contributed by atoms with van der Waals surface area (Å²) in [5.74, 6) is -0.538. The number of nitrogens with one attached hydrogen (secondary N) is 1. The normalized spacial score (nSPS) is 13.9. The molecule has 1 N–H and O–H groups in total. The number of phosphoric acid groups is 1. The van der Waals surface area contributed by atoms with E-state index in [2.05, 4.69) is 86.8 Å². The maximum atomic E-state index is 13.6. The minimum Gasteiger partial charge on any atom is -0.756 e. The van der Waals surface area contributed by atoms with Crippen LogP contribution in [0.25, 0.3) is 0 Å². The van der Waals surface area contributed by atoms with Crippen LogP contribution in [0.1, 0.15) is 342 Å². The van der Waals surface area contributed by atoms with E-state index in [0.29, 0.717) is 17.4 Å². The number of hydrogen-bond donors (Lipinski definition) is 1. The first-order valence-electron chi connectivity index (χ1n) is 36.2. The van der Waals surface area contributed by atoms with Gasteiger partial charge in [0.1, 0.15) is 19.3 Å². The smallest absolute Gasteiger partial charge is 0.306 e. The number of phosphoric ester groups is 1. The summed E-state index contributed by atoms with van der Waals surface area (Å²) in [6, 6.07) is -0.894. The van der Waals surface area contributed by atoms with Crippen molar-refractivity contribution in [1.29, 1.82) is 0 Å². The van der Waals surface area contributed by atoms with E-state index < -0.39 is 26.6 Å². The average molecular weight is 1210 g/mol. The predicted molar refractivity (Wildman–Crippen MR) is 367 cm³/mol. The quantitative estimate of drug-likeness (QED) is 0.0212. The fourth-order valence-electron chi connectivity index (χ4n) is 10.5. The van der Waals surface area contributed by atoms with Crippen molar-refractivity contribution in [3.8, 4) is 0 Å². The summed E-state index contributed by atoms with van der Waals surface area (Å²) >= 11 is 0. The Labute approximate surface area is 527 Å². The number of carbonyl (C=O) groups is 2. The van der Waals surface area contributed by atoms with Crippen LogP contribution in [0.5, 0.6) is 0 Å². The topological polar surface area (TPSA) is 114 Å². The van der Waals surface area contributed by atoms with Crippen LogP contribution in [0.3, 0.4) is 0 Å². The molecule has 10 heteroatoms. The molecule has 85 heavy (non-hydrogen) atoms. The largest absolute Gasteiger partial charge is 0.756 e. The lowest BCUT2D eigenvalue weighted by atomic mass is 10.0. The van der Waals surface area contributed by atoms with Gasteiger partial charge in [-0.15, -0.1) is 0 Å². The number of allylic oxidation sites excluding steroid dienone is 11. The number of amides is 1. The number of ether oxygens (including phenoxy) is 1. The van der Waals surface area contributed by atoms with E-state index >= 15 is 0 Å². The van der Waals surface area contributed by atoms with Crippen LogP contribution in [0.15, 0.2) is 72.9 Å². The fourth-order valence-corrected chi connectivity index (χ4v) is 11.2. The second kappa shape index (κ2) is 64.4. The molecule has 0 fully saturated rings. The number of hydrogen-bond acceptors (Lipinski definition) is 7. The summed E-state index contributed by atoms with van der Waals surface area (Å²) in [5, 5.41) is 3.05. The minimum atomic E-state index is -4.71. The van der Waals surface area contributed by atoms with Gasteiger partial charge in [-0.3, -0.25) is 14.2 Å². The van der Waals surface area contributed by atoms with E-state index in [1.165, 1.54) is 218 Å². The summed E-state index contributed by atoms with van der Waals surface area (Å²) in [7, 11) is 1.19. The first-order chi connectivity index (χ1) is 41.4. The van der Waals surface area contributed by atoms with Crippen molar-refractivity contribution in [2.45, 2.75) is 354 Å². The number of likely N-dealkylation sites (N-methyl/N-ethyl adjacent to an activating group) is 1. The van der Waals surface area contributed by atoms with Crippen LogP contribution in [-0.2, 0) is 27.9 Å². The molecule has 3 unspecified atom stereocenters. The molecule has 9 nitrogen and oxygen atoms in total. The molecule has 0 saturated carbocycles. The molecule has 0 aliphatic heterocycles. The summed E-state index contributed by atoms with van der Waals surface area (Å²) in [6.07, 6.45) is 84.4. The highest BCUT2D eigenvalue weighted by Crippen LogP contribution is 2.38. The second-order valence-corrected chi connectivity index (χ2v) is 27.1. The highest BCUT2D eigenvalue weighted by Gasteiger charge is 2.27. The van der Waals surface area contributed by atoms with Gasteiger partial charge in [0.15, 0.2) is 0 Å². The van der Waals surface area contributed by atoms with E-state index in [-0.39, 0.29) is 24.9 Å². The van der Waals surface area contributed by atoms with Crippen molar-refractivity contribution >= 4 is 19.7 Å². The van der Waals surface area contributed by atoms with Crippen LogP contribution < -0.4 is 10.2 Å². The SMILES string of the molecule is CCCCC/C=C\C/C=C\C/C=C\C/C=C\CCCCCCCCCCCC(=O)OC(/C=C/CCCCCCCCCCCCC)C(COP(=O)([O-])OCC[N+](C)(C)C)NC(=O)CCCCCCCCCCCCC/C=C/CCCCCCCC. The van der Waals surface area contributed by atoms with Gasteiger partial charge in [-0.1, -0.05) is 299 Å². The number of quaternary nitrogens is 1. The van der Waals surface area contributed by atoms with Crippen molar-refractivity contribution < 1.29 is 37.3 Å². The molecular formula is C75H139N2O7P. The van der Waals surface area contributed by atoms with Crippen molar-refractivity contribution in [1.82, 2.24) is 5.32 Å². The van der Waals surface area contributed by atoms with Crippen LogP contribution >= 0.6 is 7.82 Å². The second-order valence-electron chi connectivity index (χ2n) is 25.7. The minimum absolute atomic E-state index is 0.0244. The van der Waals surface area contributed by atoms with Crippen LogP contribution in [0.4, 0.5) is 0 Å². The van der Waals surface area contributed by atoms with Gasteiger partial charge in [0.05, 0.1) is 33.8 Å². The maximum absolute atomic E-state index is 13.6. The van der Waals surface area contributed by atoms with E-state index in [1.54, 1.807) is 0 Å². The molecule has 0 saturated heterocycles. The zero-order valence-corrected chi connectivity index (χ0v) is 57.7. The van der Waals surface area contributed by atoms with Crippen molar-refractivity contribution in [2.24, 2.45) is 0 Å². The highest BCUT2D eigenvalue weighted by molar-refractivity contribution is 7.45. The Kier molecular flexibility index (Phi) is 62.5. The zero-order chi connectivity index (χ0) is 62.1. The third-order valence-corrected chi connectivity index (χ3v) is 17.1. The Morgan fingerprint density at radius 3 is 1.11 bits per heavy atom. The Morgan fingerprint density at radius 2 is 0.718 bits per heavy atom. The molecule has 0 aliphatic carbocycles. The number of rotatable bonds is 66. The molecule has 0 aliphatic rings. The number of unbranched alkanes of at least 4 members (excludes halogenated alkanes) is 40. The van der Waals surface area contributed by atoms with Crippen LogP contribution in [0.2, 0.25) is 0 Å². The lowest BCUT2D eigenvalue weighted by Crippen LogP contribution is -2.47. The van der Waals surface area contributed by atoms with Crippen LogP contribution in [0, 0.1) is 0 Å². The fraction of sp³-hybridized carbons (Fsp3) is 0.813. The van der Waals surface area contributed by atoms with Gasteiger partial charge >= 0.3 is 5.97 Å². The summed E-state index contributed by atoms with van der Waals surface area (Å²) in [5.41, 5.74) is 0. The predicted octanol–water partition coefficient (Wildman–Crippen LogP) is 22.5. The molecule has 0 rings (SSSR count). The zero-order valence-electron chi connectivity index (χ0n) is 56.8. The van der Waals surface area contributed by atoms with E-state index in [9.17, 15) is 19.0 Å². The molecule has 0 aromatic rings. The van der Waals surface area contributed by atoms with Gasteiger partial charge in [0.2, 0.25) is 5.91 Å². The van der Waals surface area contributed by atoms with Crippen LogP contribution in [-0.4, -0.2) is 69.4 Å². The van der Waals surface area contributed by atoms with Gasteiger partial charge in [0, 0.05) is 12.8 Å². The first-order valence-corrected chi connectivity index (χ1v) is 37.7. The summed E-state index contributed by atoms with van der Waals surface area (Å²) < 4.78 is 30.5. The molecule has 0 aromatic carbocycles. The summed E-state index contributed by atoms with van der Waals surface area (Å²) in [6.45, 7) is 6.85. The number of carbonyl (C=O) groups excluding carboxylic acids is 2. The molecule has 0 heterocycles. The van der Waals surface area contributed by atoms with Gasteiger partial charge in [-0.25, -0.2) is 0 Å². The Morgan fingerprint density at radius 1 is 0.412 bits per heavy atom. The average Bonchev–Trinajstić information content (AvgIpc) is 3.48. The number of esters is 1. The molecular weight excluding hydrogens is 1070 g/mol. The maximum Gasteiger partial charge on any atom is 0.306 e.